The van der Waals surface area contributed by atoms with E-state index >= 15 is 0 Å². The summed E-state index contributed by atoms with van der Waals surface area (Å²) in [6.45, 7) is 4.04. The lowest BCUT2D eigenvalue weighted by molar-refractivity contribution is -0.130. The molecule has 1 aliphatic rings. The number of amides is 1. The summed E-state index contributed by atoms with van der Waals surface area (Å²) in [7, 11) is 1.64. The van der Waals surface area contributed by atoms with Crippen molar-refractivity contribution in [1.29, 1.82) is 0 Å². The number of nitrogens with two attached hydrogens (primary N) is 1. The fraction of sp³-hybridized carbons (Fsp3) is 0.500. The van der Waals surface area contributed by atoms with Crippen LogP contribution in [0.5, 0.6) is 5.75 Å². The quantitative estimate of drug-likeness (QED) is 0.886. The molecule has 2 N–H and O–H groups in total. The zero-order valence-electron chi connectivity index (χ0n) is 11.1. The highest BCUT2D eigenvalue weighted by Crippen LogP contribution is 2.34. The zero-order valence-corrected chi connectivity index (χ0v) is 11.1. The van der Waals surface area contributed by atoms with E-state index in [0.717, 1.165) is 11.3 Å². The van der Waals surface area contributed by atoms with E-state index in [1.54, 1.807) is 7.11 Å². The minimum atomic E-state index is -0.131. The third kappa shape index (κ3) is 2.20. The maximum absolute atomic E-state index is 12.0. The Balaban J connectivity index is 2.31. The lowest BCUT2D eigenvalue weighted by Crippen LogP contribution is -2.37. The summed E-state index contributed by atoms with van der Waals surface area (Å²) >= 11 is 0. The Bertz CT molecular complexity index is 428. The highest BCUT2D eigenvalue weighted by molar-refractivity contribution is 5.80. The second-order valence-corrected chi connectivity index (χ2v) is 4.98. The van der Waals surface area contributed by atoms with E-state index < -0.39 is 0 Å². The van der Waals surface area contributed by atoms with Crippen LogP contribution in [-0.2, 0) is 4.79 Å². The van der Waals surface area contributed by atoms with E-state index in [2.05, 4.69) is 0 Å². The molecule has 0 aliphatic carbocycles. The number of rotatable bonds is 3. The third-order valence-electron chi connectivity index (χ3n) is 3.42. The smallest absolute Gasteiger partial charge is 0.225 e. The molecule has 0 spiro atoms. The maximum Gasteiger partial charge on any atom is 0.225 e. The average molecular weight is 248 g/mol. The number of carbonyl (C=O) groups excluding carboxylic acids is 1. The second-order valence-electron chi connectivity index (χ2n) is 4.98. The Morgan fingerprint density at radius 3 is 2.44 bits per heavy atom. The molecule has 2 atom stereocenters. The molecule has 0 radical (unpaired) electrons. The number of ether oxygens (including phenoxy) is 1. The lowest BCUT2D eigenvalue weighted by atomic mass is 10.00. The first kappa shape index (κ1) is 12.9. The van der Waals surface area contributed by atoms with Crippen molar-refractivity contribution < 1.29 is 9.53 Å². The SMILES string of the molecule is COc1ccc([C@@H]2[C@@H](N)CC(=O)N2C(C)C)cc1. The van der Waals surface area contributed by atoms with E-state index in [-0.39, 0.29) is 24.0 Å². The fourth-order valence-corrected chi connectivity index (χ4v) is 2.60. The Morgan fingerprint density at radius 1 is 1.33 bits per heavy atom. The molecule has 98 valence electrons. The van der Waals surface area contributed by atoms with E-state index in [1.165, 1.54) is 0 Å². The van der Waals surface area contributed by atoms with Gasteiger partial charge in [0.05, 0.1) is 13.2 Å². The predicted molar refractivity (Wildman–Crippen MR) is 70.3 cm³/mol. The average Bonchev–Trinajstić information content (AvgIpc) is 2.64. The van der Waals surface area contributed by atoms with Gasteiger partial charge in [0, 0.05) is 18.5 Å². The van der Waals surface area contributed by atoms with Crippen molar-refractivity contribution in [2.75, 3.05) is 7.11 Å². The summed E-state index contributed by atoms with van der Waals surface area (Å²) in [6.07, 6.45) is 0.425. The maximum atomic E-state index is 12.0. The molecular formula is C14H20N2O2. The van der Waals surface area contributed by atoms with Crippen molar-refractivity contribution in [3.63, 3.8) is 0 Å². The van der Waals surface area contributed by atoms with Gasteiger partial charge in [0.1, 0.15) is 5.75 Å². The van der Waals surface area contributed by atoms with Gasteiger partial charge in [0.2, 0.25) is 5.91 Å². The van der Waals surface area contributed by atoms with Gasteiger partial charge in [-0.2, -0.15) is 0 Å². The first-order valence-corrected chi connectivity index (χ1v) is 6.25. The summed E-state index contributed by atoms with van der Waals surface area (Å²) in [6, 6.07) is 7.79. The molecule has 2 rings (SSSR count). The fourth-order valence-electron chi connectivity index (χ4n) is 2.60. The molecule has 1 fully saturated rings. The van der Waals surface area contributed by atoms with E-state index in [1.807, 2.05) is 43.0 Å². The van der Waals surface area contributed by atoms with Gasteiger partial charge in [-0.1, -0.05) is 12.1 Å². The van der Waals surface area contributed by atoms with Crippen LogP contribution in [0.4, 0.5) is 0 Å². The van der Waals surface area contributed by atoms with E-state index in [9.17, 15) is 4.79 Å². The van der Waals surface area contributed by atoms with Crippen LogP contribution in [0.15, 0.2) is 24.3 Å². The highest BCUT2D eigenvalue weighted by atomic mass is 16.5. The zero-order chi connectivity index (χ0) is 13.3. The number of nitrogens with zero attached hydrogens (tertiary/aromatic N) is 1. The molecule has 0 bridgehead atoms. The molecule has 1 aromatic carbocycles. The number of methoxy groups -OCH3 is 1. The number of benzene rings is 1. The molecule has 18 heavy (non-hydrogen) atoms. The first-order chi connectivity index (χ1) is 8.54. The number of hydrogen-bond acceptors (Lipinski definition) is 3. The molecule has 4 nitrogen and oxygen atoms in total. The molecule has 1 saturated heterocycles. The normalized spacial score (nSPS) is 23.8. The summed E-state index contributed by atoms with van der Waals surface area (Å²) in [5.74, 6) is 0.950. The Morgan fingerprint density at radius 2 is 1.94 bits per heavy atom. The van der Waals surface area contributed by atoms with Gasteiger partial charge in [-0.3, -0.25) is 4.79 Å². The topological polar surface area (TPSA) is 55.6 Å². The van der Waals surface area contributed by atoms with Gasteiger partial charge < -0.3 is 15.4 Å². The van der Waals surface area contributed by atoms with E-state index in [4.69, 9.17) is 10.5 Å². The molecule has 0 aromatic heterocycles. The molecule has 1 aliphatic heterocycles. The van der Waals surface area contributed by atoms with Crippen LogP contribution >= 0.6 is 0 Å². The van der Waals surface area contributed by atoms with Crippen LogP contribution < -0.4 is 10.5 Å². The minimum Gasteiger partial charge on any atom is -0.497 e. The van der Waals surface area contributed by atoms with E-state index in [0.29, 0.717) is 6.42 Å². The molecule has 1 amide bonds. The van der Waals surface area contributed by atoms with Crippen LogP contribution in [0.25, 0.3) is 0 Å². The Kier molecular flexibility index (Phi) is 3.57. The molecular weight excluding hydrogens is 228 g/mol. The number of carbonyl (C=O) groups is 1. The van der Waals surface area contributed by atoms with Gasteiger partial charge in [0.25, 0.3) is 0 Å². The first-order valence-electron chi connectivity index (χ1n) is 6.25. The summed E-state index contributed by atoms with van der Waals surface area (Å²) in [5.41, 5.74) is 7.18. The standard InChI is InChI=1S/C14H20N2O2/c1-9(2)16-13(17)8-12(15)14(16)10-4-6-11(18-3)7-5-10/h4-7,9,12,14H,8,15H2,1-3H3/t12-,14+/m0/s1. The third-order valence-corrected chi connectivity index (χ3v) is 3.42. The molecule has 1 heterocycles. The minimum absolute atomic E-state index is 0.0246. The molecule has 4 heteroatoms. The van der Waals surface area contributed by atoms with Crippen LogP contribution in [0.3, 0.4) is 0 Å². The number of hydrogen-bond donors (Lipinski definition) is 1. The monoisotopic (exact) mass is 248 g/mol. The summed E-state index contributed by atoms with van der Waals surface area (Å²) < 4.78 is 5.14. The van der Waals surface area contributed by atoms with Crippen LogP contribution in [0.1, 0.15) is 31.9 Å². The van der Waals surface area contributed by atoms with Gasteiger partial charge in [-0.25, -0.2) is 0 Å². The predicted octanol–water partition coefficient (Wildman–Crippen LogP) is 1.70. The molecule has 0 saturated carbocycles. The van der Waals surface area contributed by atoms with Crippen molar-refractivity contribution >= 4 is 5.91 Å². The Labute approximate surface area is 108 Å². The molecule has 0 unspecified atom stereocenters. The summed E-state index contributed by atoms with van der Waals surface area (Å²) in [4.78, 5) is 13.8. The van der Waals surface area contributed by atoms with Gasteiger partial charge in [0.15, 0.2) is 0 Å². The largest absolute Gasteiger partial charge is 0.497 e. The Hall–Kier alpha value is -1.55. The van der Waals surface area contributed by atoms with Gasteiger partial charge >= 0.3 is 0 Å². The van der Waals surface area contributed by atoms with Crippen molar-refractivity contribution in [1.82, 2.24) is 4.90 Å². The van der Waals surface area contributed by atoms with Crippen molar-refractivity contribution in [2.45, 2.75) is 38.4 Å². The van der Waals surface area contributed by atoms with Crippen LogP contribution in [-0.4, -0.2) is 30.0 Å². The van der Waals surface area contributed by atoms with Crippen molar-refractivity contribution in [3.05, 3.63) is 29.8 Å². The van der Waals surface area contributed by atoms with Crippen LogP contribution in [0.2, 0.25) is 0 Å². The van der Waals surface area contributed by atoms with Crippen molar-refractivity contribution in [2.24, 2.45) is 5.73 Å². The highest BCUT2D eigenvalue weighted by Gasteiger charge is 2.39. The van der Waals surface area contributed by atoms with Crippen molar-refractivity contribution in [3.8, 4) is 5.75 Å². The van der Waals surface area contributed by atoms with Gasteiger partial charge in [-0.15, -0.1) is 0 Å². The van der Waals surface area contributed by atoms with Crippen LogP contribution in [0, 0.1) is 0 Å². The lowest BCUT2D eigenvalue weighted by Gasteiger charge is -2.30. The summed E-state index contributed by atoms with van der Waals surface area (Å²) in [5, 5.41) is 0. The molecule has 1 aromatic rings. The van der Waals surface area contributed by atoms with Gasteiger partial charge in [-0.05, 0) is 31.5 Å². The number of likely N-dealkylation sites (tertiary alicyclic amines) is 1. The second kappa shape index (κ2) is 4.98.